The molecule has 2 N–H and O–H groups in total. The molecular formula is C22H17NO4. The van der Waals surface area contributed by atoms with E-state index in [1.54, 1.807) is 54.6 Å². The molecule has 1 amide bonds. The number of Topliss-reactive ketones (excluding diaryl/α,β-unsaturated/α-hetero) is 1. The first kappa shape index (κ1) is 18.1. The van der Waals surface area contributed by atoms with Crippen LogP contribution in [-0.4, -0.2) is 17.7 Å². The maximum absolute atomic E-state index is 12.9. The van der Waals surface area contributed by atoms with Gasteiger partial charge in [0.25, 0.3) is 0 Å². The number of esters is 1. The van der Waals surface area contributed by atoms with Crippen molar-refractivity contribution in [1.82, 2.24) is 0 Å². The summed E-state index contributed by atoms with van der Waals surface area (Å²) in [5.41, 5.74) is 6.73. The van der Waals surface area contributed by atoms with Crippen molar-refractivity contribution in [3.63, 3.8) is 0 Å². The van der Waals surface area contributed by atoms with E-state index >= 15 is 0 Å². The van der Waals surface area contributed by atoms with E-state index in [0.717, 1.165) is 0 Å². The number of carbonyl (C=O) groups is 3. The standard InChI is InChI=1S/C22H17NO4/c23-21(25)17-11-13-18(14-12-17)22(26)27-20(16-9-5-2-6-10-16)19(24)15-7-3-1-4-8-15/h1-14,20H,(H2,23,25). The summed E-state index contributed by atoms with van der Waals surface area (Å²) in [4.78, 5) is 36.6. The molecule has 27 heavy (non-hydrogen) atoms. The van der Waals surface area contributed by atoms with E-state index in [9.17, 15) is 14.4 Å². The highest BCUT2D eigenvalue weighted by molar-refractivity contribution is 6.02. The van der Waals surface area contributed by atoms with E-state index in [1.165, 1.54) is 24.3 Å². The molecule has 0 aromatic heterocycles. The summed E-state index contributed by atoms with van der Waals surface area (Å²) in [7, 11) is 0. The second kappa shape index (κ2) is 8.10. The summed E-state index contributed by atoms with van der Waals surface area (Å²) < 4.78 is 5.53. The van der Waals surface area contributed by atoms with Gasteiger partial charge in [0.15, 0.2) is 6.10 Å². The summed E-state index contributed by atoms with van der Waals surface area (Å²) in [5.74, 6) is -1.57. The molecule has 1 unspecified atom stereocenters. The maximum atomic E-state index is 12.9. The lowest BCUT2D eigenvalue weighted by atomic mass is 9.99. The molecule has 0 radical (unpaired) electrons. The summed E-state index contributed by atoms with van der Waals surface area (Å²) in [5, 5.41) is 0. The van der Waals surface area contributed by atoms with E-state index in [0.29, 0.717) is 11.1 Å². The molecule has 1 atom stereocenters. The predicted molar refractivity (Wildman–Crippen MR) is 100 cm³/mol. The largest absolute Gasteiger partial charge is 0.445 e. The van der Waals surface area contributed by atoms with Crippen LogP contribution in [0.1, 0.15) is 42.7 Å². The molecule has 0 fully saturated rings. The quantitative estimate of drug-likeness (QED) is 0.538. The lowest BCUT2D eigenvalue weighted by Crippen LogP contribution is -2.20. The second-order valence-electron chi connectivity index (χ2n) is 5.87. The summed E-state index contributed by atoms with van der Waals surface area (Å²) in [6.45, 7) is 0. The molecule has 0 heterocycles. The number of amides is 1. The first-order valence-corrected chi connectivity index (χ1v) is 8.31. The zero-order valence-corrected chi connectivity index (χ0v) is 14.4. The Hall–Kier alpha value is -3.73. The van der Waals surface area contributed by atoms with E-state index in [1.807, 2.05) is 6.07 Å². The normalized spacial score (nSPS) is 11.4. The molecule has 3 aromatic rings. The van der Waals surface area contributed by atoms with Crippen molar-refractivity contribution >= 4 is 17.7 Å². The van der Waals surface area contributed by atoms with Crippen molar-refractivity contribution in [2.75, 3.05) is 0 Å². The Morgan fingerprint density at radius 3 is 1.74 bits per heavy atom. The van der Waals surface area contributed by atoms with Crippen LogP contribution in [0.5, 0.6) is 0 Å². The van der Waals surface area contributed by atoms with Crippen LogP contribution in [0.4, 0.5) is 0 Å². The van der Waals surface area contributed by atoms with Crippen LogP contribution in [-0.2, 0) is 4.74 Å². The summed E-state index contributed by atoms with van der Waals surface area (Å²) in [6, 6.07) is 23.2. The lowest BCUT2D eigenvalue weighted by molar-refractivity contribution is 0.0280. The monoisotopic (exact) mass is 359 g/mol. The summed E-state index contributed by atoms with van der Waals surface area (Å²) >= 11 is 0. The topological polar surface area (TPSA) is 86.5 Å². The van der Waals surface area contributed by atoms with Gasteiger partial charge < -0.3 is 10.5 Å². The number of hydrogen-bond acceptors (Lipinski definition) is 4. The number of nitrogens with two attached hydrogens (primary N) is 1. The number of carbonyl (C=O) groups excluding carboxylic acids is 3. The van der Waals surface area contributed by atoms with Crippen LogP contribution in [0, 0.1) is 0 Å². The zero-order chi connectivity index (χ0) is 19.2. The van der Waals surface area contributed by atoms with Crippen molar-refractivity contribution in [2.45, 2.75) is 6.10 Å². The third kappa shape index (κ3) is 4.27. The predicted octanol–water partition coefficient (Wildman–Crippen LogP) is 3.57. The van der Waals surface area contributed by atoms with E-state index in [-0.39, 0.29) is 16.9 Å². The van der Waals surface area contributed by atoms with Crippen molar-refractivity contribution in [1.29, 1.82) is 0 Å². The molecule has 0 bridgehead atoms. The molecule has 134 valence electrons. The first-order valence-electron chi connectivity index (χ1n) is 8.31. The number of hydrogen-bond donors (Lipinski definition) is 1. The molecule has 5 heteroatoms. The first-order chi connectivity index (χ1) is 13.1. The summed E-state index contributed by atoms with van der Waals surface area (Å²) in [6.07, 6.45) is -1.07. The van der Waals surface area contributed by atoms with Gasteiger partial charge in [-0.3, -0.25) is 9.59 Å². The van der Waals surface area contributed by atoms with E-state index in [2.05, 4.69) is 0 Å². The number of ether oxygens (including phenoxy) is 1. The third-order valence-electron chi connectivity index (χ3n) is 4.03. The van der Waals surface area contributed by atoms with Crippen molar-refractivity contribution in [3.8, 4) is 0 Å². The SMILES string of the molecule is NC(=O)c1ccc(C(=O)OC(C(=O)c2ccccc2)c2ccccc2)cc1. The number of primary amides is 1. The molecule has 0 saturated heterocycles. The minimum absolute atomic E-state index is 0.224. The molecule has 3 aromatic carbocycles. The lowest BCUT2D eigenvalue weighted by Gasteiger charge is -2.17. The van der Waals surface area contributed by atoms with Crippen LogP contribution in [0.25, 0.3) is 0 Å². The van der Waals surface area contributed by atoms with Crippen molar-refractivity contribution in [3.05, 3.63) is 107 Å². The highest BCUT2D eigenvalue weighted by atomic mass is 16.5. The van der Waals surface area contributed by atoms with Gasteiger partial charge in [-0.1, -0.05) is 60.7 Å². The van der Waals surface area contributed by atoms with E-state index < -0.39 is 18.0 Å². The molecular weight excluding hydrogens is 342 g/mol. The molecule has 0 aliphatic heterocycles. The van der Waals surface area contributed by atoms with Gasteiger partial charge in [-0.05, 0) is 24.3 Å². The zero-order valence-electron chi connectivity index (χ0n) is 14.4. The van der Waals surface area contributed by atoms with Crippen molar-refractivity contribution < 1.29 is 19.1 Å². The van der Waals surface area contributed by atoms with Gasteiger partial charge in [-0.25, -0.2) is 4.79 Å². The van der Waals surface area contributed by atoms with Crippen LogP contribution < -0.4 is 5.73 Å². The van der Waals surface area contributed by atoms with Gasteiger partial charge in [0.1, 0.15) is 0 Å². The van der Waals surface area contributed by atoms with Crippen LogP contribution in [0.3, 0.4) is 0 Å². The maximum Gasteiger partial charge on any atom is 0.339 e. The molecule has 5 nitrogen and oxygen atoms in total. The van der Waals surface area contributed by atoms with Gasteiger partial charge >= 0.3 is 5.97 Å². The van der Waals surface area contributed by atoms with Crippen LogP contribution in [0.2, 0.25) is 0 Å². The third-order valence-corrected chi connectivity index (χ3v) is 4.03. The Labute approximate surface area is 156 Å². The van der Waals surface area contributed by atoms with Gasteiger partial charge in [0.05, 0.1) is 5.56 Å². The Kier molecular flexibility index (Phi) is 5.42. The fourth-order valence-electron chi connectivity index (χ4n) is 2.60. The minimum Gasteiger partial charge on any atom is -0.445 e. The Bertz CT molecular complexity index is 951. The Morgan fingerprint density at radius 2 is 1.19 bits per heavy atom. The number of ketones is 1. The smallest absolute Gasteiger partial charge is 0.339 e. The van der Waals surface area contributed by atoms with Gasteiger partial charge in [-0.15, -0.1) is 0 Å². The second-order valence-corrected chi connectivity index (χ2v) is 5.87. The number of rotatable bonds is 6. The van der Waals surface area contributed by atoms with E-state index in [4.69, 9.17) is 10.5 Å². The Balaban J connectivity index is 1.88. The highest BCUT2D eigenvalue weighted by Gasteiger charge is 2.26. The fourth-order valence-corrected chi connectivity index (χ4v) is 2.60. The molecule has 0 saturated carbocycles. The van der Waals surface area contributed by atoms with Gasteiger partial charge in [0, 0.05) is 16.7 Å². The van der Waals surface area contributed by atoms with Crippen molar-refractivity contribution in [2.24, 2.45) is 5.73 Å². The Morgan fingerprint density at radius 1 is 0.667 bits per heavy atom. The van der Waals surface area contributed by atoms with Gasteiger partial charge in [-0.2, -0.15) is 0 Å². The van der Waals surface area contributed by atoms with Crippen LogP contribution in [0.15, 0.2) is 84.9 Å². The van der Waals surface area contributed by atoms with Gasteiger partial charge in [0.2, 0.25) is 11.7 Å². The molecule has 0 aliphatic carbocycles. The highest BCUT2D eigenvalue weighted by Crippen LogP contribution is 2.24. The number of benzene rings is 3. The van der Waals surface area contributed by atoms with Crippen LogP contribution >= 0.6 is 0 Å². The average Bonchev–Trinajstić information content (AvgIpc) is 2.72. The molecule has 0 spiro atoms. The molecule has 3 rings (SSSR count). The molecule has 0 aliphatic rings. The average molecular weight is 359 g/mol. The fraction of sp³-hybridized carbons (Fsp3) is 0.0455. The minimum atomic E-state index is -1.07.